The highest BCUT2D eigenvalue weighted by molar-refractivity contribution is 6.39. The lowest BCUT2D eigenvalue weighted by Gasteiger charge is -2.10. The van der Waals surface area contributed by atoms with E-state index in [4.69, 9.17) is 27.9 Å². The number of rotatable bonds is 3. The molecule has 0 saturated heterocycles. The molecule has 0 aliphatic rings. The molecular formula is C14H13Cl2NO2. The van der Waals surface area contributed by atoms with Crippen molar-refractivity contribution >= 4 is 40.1 Å². The van der Waals surface area contributed by atoms with Gasteiger partial charge in [0.25, 0.3) is 0 Å². The number of ether oxygens (including phenoxy) is 1. The van der Waals surface area contributed by atoms with E-state index in [1.807, 2.05) is 12.1 Å². The maximum absolute atomic E-state index is 11.4. The fraction of sp³-hybridized carbons (Fsp3) is 0.286. The summed E-state index contributed by atoms with van der Waals surface area (Å²) in [5.74, 6) is -0.494. The van der Waals surface area contributed by atoms with Crippen molar-refractivity contribution in [2.45, 2.75) is 13.3 Å². The average molecular weight is 298 g/mol. The number of fused-ring (bicyclic) bond motifs is 1. The van der Waals surface area contributed by atoms with Gasteiger partial charge in [-0.05, 0) is 24.3 Å². The molecule has 0 bridgehead atoms. The van der Waals surface area contributed by atoms with E-state index in [0.717, 1.165) is 11.1 Å². The molecule has 0 aliphatic carbocycles. The predicted molar refractivity (Wildman–Crippen MR) is 76.6 cm³/mol. The van der Waals surface area contributed by atoms with E-state index in [-0.39, 0.29) is 11.9 Å². The molecule has 1 aromatic carbocycles. The summed E-state index contributed by atoms with van der Waals surface area (Å²) in [6.45, 7) is 1.80. The van der Waals surface area contributed by atoms with Crippen molar-refractivity contribution in [3.8, 4) is 0 Å². The molecule has 3 nitrogen and oxygen atoms in total. The van der Waals surface area contributed by atoms with Crippen molar-refractivity contribution in [3.63, 3.8) is 0 Å². The first-order valence-electron chi connectivity index (χ1n) is 5.84. The van der Waals surface area contributed by atoms with Crippen LogP contribution in [0.3, 0.4) is 0 Å². The van der Waals surface area contributed by atoms with Gasteiger partial charge in [0.05, 0.1) is 28.6 Å². The molecular weight excluding hydrogens is 285 g/mol. The number of methoxy groups -OCH3 is 1. The van der Waals surface area contributed by atoms with Crippen LogP contribution in [0.4, 0.5) is 0 Å². The van der Waals surface area contributed by atoms with Crippen LogP contribution in [0.2, 0.25) is 10.0 Å². The van der Waals surface area contributed by atoms with E-state index < -0.39 is 0 Å². The van der Waals surface area contributed by atoms with Gasteiger partial charge in [-0.25, -0.2) is 0 Å². The number of carbonyl (C=O) groups is 1. The van der Waals surface area contributed by atoms with Crippen molar-refractivity contribution in [2.75, 3.05) is 7.11 Å². The number of pyridine rings is 1. The monoisotopic (exact) mass is 297 g/mol. The van der Waals surface area contributed by atoms with Gasteiger partial charge in [0.1, 0.15) is 0 Å². The van der Waals surface area contributed by atoms with Crippen LogP contribution in [0, 0.1) is 5.92 Å². The Morgan fingerprint density at radius 3 is 2.63 bits per heavy atom. The quantitative estimate of drug-likeness (QED) is 0.807. The molecule has 2 aromatic rings. The summed E-state index contributed by atoms with van der Waals surface area (Å²) < 4.78 is 4.70. The van der Waals surface area contributed by atoms with E-state index in [2.05, 4.69) is 4.98 Å². The molecule has 1 aromatic heterocycles. The molecule has 0 fully saturated rings. The largest absolute Gasteiger partial charge is 0.469 e. The normalized spacial score (nSPS) is 12.4. The molecule has 0 spiro atoms. The third-order valence-electron chi connectivity index (χ3n) is 2.93. The molecule has 19 heavy (non-hydrogen) atoms. The summed E-state index contributed by atoms with van der Waals surface area (Å²) in [6, 6.07) is 7.18. The number of hydrogen-bond donors (Lipinski definition) is 0. The molecule has 0 saturated carbocycles. The molecule has 2 rings (SSSR count). The second-order valence-electron chi connectivity index (χ2n) is 4.36. The Labute approximate surface area is 121 Å². The van der Waals surface area contributed by atoms with Gasteiger partial charge in [0.15, 0.2) is 0 Å². The zero-order valence-electron chi connectivity index (χ0n) is 10.6. The van der Waals surface area contributed by atoms with Crippen LogP contribution in [0.25, 0.3) is 10.9 Å². The first kappa shape index (κ1) is 14.1. The number of aromatic nitrogens is 1. The molecule has 1 heterocycles. The van der Waals surface area contributed by atoms with Crippen molar-refractivity contribution in [1.29, 1.82) is 0 Å². The Kier molecular flexibility index (Phi) is 4.27. The minimum Gasteiger partial charge on any atom is -0.469 e. The Hall–Kier alpha value is -1.32. The lowest BCUT2D eigenvalue weighted by Crippen LogP contribution is -2.15. The standard InChI is InChI=1S/C14H13Cl2NO2/c1-8(14(18)19-2)7-9-3-4-10-11(15)5-6-12(16)13(10)17-9/h3-6,8H,7H2,1-2H3. The second kappa shape index (κ2) is 5.76. The number of esters is 1. The highest BCUT2D eigenvalue weighted by Gasteiger charge is 2.15. The van der Waals surface area contributed by atoms with E-state index in [1.54, 1.807) is 19.1 Å². The van der Waals surface area contributed by atoms with Crippen molar-refractivity contribution < 1.29 is 9.53 Å². The molecule has 0 amide bonds. The summed E-state index contributed by atoms with van der Waals surface area (Å²) in [5.41, 5.74) is 1.44. The summed E-state index contributed by atoms with van der Waals surface area (Å²) in [5, 5.41) is 1.97. The minimum atomic E-state index is -0.251. The maximum atomic E-state index is 11.4. The average Bonchev–Trinajstić information content (AvgIpc) is 2.42. The van der Waals surface area contributed by atoms with Gasteiger partial charge in [0.2, 0.25) is 0 Å². The lowest BCUT2D eigenvalue weighted by atomic mass is 10.0. The van der Waals surface area contributed by atoms with Crippen LogP contribution < -0.4 is 0 Å². The number of nitrogens with zero attached hydrogens (tertiary/aromatic N) is 1. The van der Waals surface area contributed by atoms with Gasteiger partial charge in [-0.2, -0.15) is 0 Å². The van der Waals surface area contributed by atoms with Crippen LogP contribution in [0.5, 0.6) is 0 Å². The van der Waals surface area contributed by atoms with E-state index >= 15 is 0 Å². The fourth-order valence-corrected chi connectivity index (χ4v) is 2.32. The Bertz CT molecular complexity index is 628. The molecule has 100 valence electrons. The van der Waals surface area contributed by atoms with Crippen LogP contribution in [-0.2, 0) is 16.0 Å². The second-order valence-corrected chi connectivity index (χ2v) is 5.17. The zero-order valence-corrected chi connectivity index (χ0v) is 12.1. The summed E-state index contributed by atoms with van der Waals surface area (Å²) in [7, 11) is 1.38. The minimum absolute atomic E-state index is 0.243. The van der Waals surface area contributed by atoms with Gasteiger partial charge in [-0.1, -0.05) is 30.1 Å². The van der Waals surface area contributed by atoms with Gasteiger partial charge in [-0.15, -0.1) is 0 Å². The molecule has 1 atom stereocenters. The summed E-state index contributed by atoms with van der Waals surface area (Å²) in [4.78, 5) is 15.9. The number of benzene rings is 1. The van der Waals surface area contributed by atoms with Gasteiger partial charge >= 0.3 is 5.97 Å². The molecule has 0 N–H and O–H groups in total. The predicted octanol–water partition coefficient (Wildman–Crippen LogP) is 3.89. The van der Waals surface area contributed by atoms with Crippen LogP contribution >= 0.6 is 23.2 Å². The van der Waals surface area contributed by atoms with Gasteiger partial charge in [0, 0.05) is 17.5 Å². The Balaban J connectivity index is 2.37. The number of hydrogen-bond acceptors (Lipinski definition) is 3. The Morgan fingerprint density at radius 2 is 1.95 bits per heavy atom. The van der Waals surface area contributed by atoms with Crippen LogP contribution in [0.15, 0.2) is 24.3 Å². The van der Waals surface area contributed by atoms with Crippen molar-refractivity contribution in [1.82, 2.24) is 4.98 Å². The topological polar surface area (TPSA) is 39.2 Å². The van der Waals surface area contributed by atoms with Gasteiger partial charge in [-0.3, -0.25) is 9.78 Å². The highest BCUT2D eigenvalue weighted by Crippen LogP contribution is 2.28. The highest BCUT2D eigenvalue weighted by atomic mass is 35.5. The number of carbonyl (C=O) groups excluding carboxylic acids is 1. The molecule has 1 unspecified atom stereocenters. The molecule has 0 aliphatic heterocycles. The first-order chi connectivity index (χ1) is 9.02. The maximum Gasteiger partial charge on any atom is 0.308 e. The fourth-order valence-electron chi connectivity index (χ4n) is 1.90. The van der Waals surface area contributed by atoms with Crippen LogP contribution in [0.1, 0.15) is 12.6 Å². The van der Waals surface area contributed by atoms with Gasteiger partial charge < -0.3 is 4.74 Å². The van der Waals surface area contributed by atoms with Crippen molar-refractivity contribution in [2.24, 2.45) is 5.92 Å². The van der Waals surface area contributed by atoms with Crippen molar-refractivity contribution in [3.05, 3.63) is 40.0 Å². The summed E-state index contributed by atoms with van der Waals surface area (Å²) >= 11 is 12.2. The third kappa shape index (κ3) is 2.99. The third-order valence-corrected chi connectivity index (χ3v) is 3.57. The van der Waals surface area contributed by atoms with E-state index in [1.165, 1.54) is 7.11 Å². The first-order valence-corrected chi connectivity index (χ1v) is 6.60. The van der Waals surface area contributed by atoms with E-state index in [9.17, 15) is 4.79 Å². The lowest BCUT2D eigenvalue weighted by molar-refractivity contribution is -0.144. The smallest absolute Gasteiger partial charge is 0.308 e. The zero-order chi connectivity index (χ0) is 14.0. The Morgan fingerprint density at radius 1 is 1.26 bits per heavy atom. The molecule has 5 heteroatoms. The van der Waals surface area contributed by atoms with E-state index in [0.29, 0.717) is 22.0 Å². The number of halogens is 2. The molecule has 0 radical (unpaired) electrons. The van der Waals surface area contributed by atoms with Crippen LogP contribution in [-0.4, -0.2) is 18.1 Å². The SMILES string of the molecule is COC(=O)C(C)Cc1ccc2c(Cl)ccc(Cl)c2n1. The summed E-state index contributed by atoms with van der Waals surface area (Å²) in [6.07, 6.45) is 0.505.